The number of para-hydroxylation sites is 1. The van der Waals surface area contributed by atoms with Crippen LogP contribution in [-0.4, -0.2) is 44.8 Å². The van der Waals surface area contributed by atoms with Crippen LogP contribution in [0.4, 0.5) is 0 Å². The molecule has 2 heterocycles. The minimum atomic E-state index is -0.639. The number of nitrogens with zero attached hydrogens (tertiary/aromatic N) is 1. The number of methoxy groups -OCH3 is 3. The fourth-order valence-corrected chi connectivity index (χ4v) is 3.59. The number of benzene rings is 2. The maximum absolute atomic E-state index is 12.9. The molecule has 0 saturated heterocycles. The Morgan fingerprint density at radius 2 is 1.69 bits per heavy atom. The zero-order valence-electron chi connectivity index (χ0n) is 19.5. The third-order valence-corrected chi connectivity index (χ3v) is 5.26. The van der Waals surface area contributed by atoms with Gasteiger partial charge in [0.25, 0.3) is 5.91 Å². The molecule has 0 unspecified atom stereocenters. The van der Waals surface area contributed by atoms with Gasteiger partial charge in [0, 0.05) is 11.9 Å². The molecule has 2 aromatic heterocycles. The van der Waals surface area contributed by atoms with Crippen molar-refractivity contribution < 1.29 is 33.0 Å². The van der Waals surface area contributed by atoms with Crippen molar-refractivity contribution in [2.75, 3.05) is 27.9 Å². The van der Waals surface area contributed by atoms with E-state index in [0.717, 1.165) is 5.56 Å². The van der Waals surface area contributed by atoms with Gasteiger partial charge in [-0.25, -0.2) is 9.78 Å². The topological polar surface area (TPSA) is 109 Å². The molecular weight excluding hydrogens is 452 g/mol. The lowest BCUT2D eigenvalue weighted by atomic mass is 10.1. The van der Waals surface area contributed by atoms with Gasteiger partial charge in [-0.3, -0.25) is 4.79 Å². The summed E-state index contributed by atoms with van der Waals surface area (Å²) < 4.78 is 26.7. The van der Waals surface area contributed by atoms with Crippen LogP contribution in [0.15, 0.2) is 65.3 Å². The number of furan rings is 1. The summed E-state index contributed by atoms with van der Waals surface area (Å²) in [5.41, 5.74) is 2.12. The molecule has 4 rings (SSSR count). The van der Waals surface area contributed by atoms with Crippen molar-refractivity contribution in [2.45, 2.75) is 6.54 Å². The number of aromatic nitrogens is 1. The SMILES string of the molecule is COc1cc(CNC(=O)COC(=O)c2cc(-c3ccco3)nc3ccccc23)cc(OC)c1OC. The van der Waals surface area contributed by atoms with Gasteiger partial charge in [0.2, 0.25) is 5.75 Å². The average molecular weight is 476 g/mol. The molecule has 1 amide bonds. The molecule has 2 aromatic carbocycles. The van der Waals surface area contributed by atoms with Gasteiger partial charge in [-0.1, -0.05) is 18.2 Å². The highest BCUT2D eigenvalue weighted by molar-refractivity contribution is 6.05. The molecule has 0 saturated carbocycles. The normalized spacial score (nSPS) is 10.6. The van der Waals surface area contributed by atoms with Crippen LogP contribution in [0, 0.1) is 0 Å². The van der Waals surface area contributed by atoms with Crippen molar-refractivity contribution >= 4 is 22.8 Å². The molecule has 0 spiro atoms. The Balaban J connectivity index is 1.44. The number of hydrogen-bond acceptors (Lipinski definition) is 8. The number of carbonyl (C=O) groups is 2. The number of hydrogen-bond donors (Lipinski definition) is 1. The van der Waals surface area contributed by atoms with Gasteiger partial charge >= 0.3 is 5.97 Å². The molecule has 0 atom stereocenters. The van der Waals surface area contributed by atoms with Gasteiger partial charge in [0.05, 0.1) is 38.7 Å². The highest BCUT2D eigenvalue weighted by atomic mass is 16.5. The molecule has 0 aliphatic heterocycles. The second-order valence-electron chi connectivity index (χ2n) is 7.44. The van der Waals surface area contributed by atoms with E-state index in [1.165, 1.54) is 27.6 Å². The molecule has 0 bridgehead atoms. The Kier molecular flexibility index (Phi) is 7.15. The Morgan fingerprint density at radius 1 is 0.943 bits per heavy atom. The van der Waals surface area contributed by atoms with E-state index in [1.807, 2.05) is 6.07 Å². The standard InChI is InChI=1S/C26H24N2O7/c1-31-22-11-16(12-23(32-2)25(22)33-3)14-27-24(29)15-35-26(30)18-13-20(21-9-6-10-34-21)28-19-8-5-4-7-17(18)19/h4-13H,14-15H2,1-3H3,(H,27,29). The summed E-state index contributed by atoms with van der Waals surface area (Å²) in [7, 11) is 4.54. The van der Waals surface area contributed by atoms with E-state index in [2.05, 4.69) is 10.3 Å². The number of esters is 1. The molecule has 0 aliphatic carbocycles. The Morgan fingerprint density at radius 3 is 2.34 bits per heavy atom. The summed E-state index contributed by atoms with van der Waals surface area (Å²) in [5.74, 6) is 0.820. The van der Waals surface area contributed by atoms with Crippen molar-refractivity contribution in [3.63, 3.8) is 0 Å². The first kappa shape index (κ1) is 23.6. The van der Waals surface area contributed by atoms with Gasteiger partial charge < -0.3 is 28.7 Å². The number of ether oxygens (including phenoxy) is 4. The van der Waals surface area contributed by atoms with Crippen molar-refractivity contribution in [1.29, 1.82) is 0 Å². The molecule has 0 aliphatic rings. The van der Waals surface area contributed by atoms with Crippen LogP contribution in [0.5, 0.6) is 17.2 Å². The fourth-order valence-electron chi connectivity index (χ4n) is 3.59. The van der Waals surface area contributed by atoms with E-state index in [4.69, 9.17) is 23.4 Å². The van der Waals surface area contributed by atoms with Gasteiger partial charge in [0.15, 0.2) is 23.9 Å². The van der Waals surface area contributed by atoms with Crippen LogP contribution in [0.2, 0.25) is 0 Å². The summed E-state index contributed by atoms with van der Waals surface area (Å²) in [4.78, 5) is 29.8. The van der Waals surface area contributed by atoms with E-state index < -0.39 is 18.5 Å². The maximum Gasteiger partial charge on any atom is 0.339 e. The van der Waals surface area contributed by atoms with Crippen LogP contribution < -0.4 is 19.5 Å². The van der Waals surface area contributed by atoms with E-state index in [0.29, 0.717) is 45.2 Å². The lowest BCUT2D eigenvalue weighted by Crippen LogP contribution is -2.28. The second-order valence-corrected chi connectivity index (χ2v) is 7.44. The largest absolute Gasteiger partial charge is 0.493 e. The summed E-state index contributed by atoms with van der Waals surface area (Å²) in [5, 5.41) is 3.34. The molecule has 9 nitrogen and oxygen atoms in total. The molecule has 35 heavy (non-hydrogen) atoms. The van der Waals surface area contributed by atoms with Gasteiger partial charge in [0.1, 0.15) is 5.69 Å². The quantitative estimate of drug-likeness (QED) is 0.361. The fraction of sp³-hybridized carbons (Fsp3) is 0.192. The molecule has 9 heteroatoms. The van der Waals surface area contributed by atoms with Gasteiger partial charge in [-0.2, -0.15) is 0 Å². The Bertz CT molecular complexity index is 1320. The van der Waals surface area contributed by atoms with Crippen molar-refractivity contribution in [3.05, 3.63) is 72.0 Å². The zero-order valence-corrected chi connectivity index (χ0v) is 19.5. The zero-order chi connectivity index (χ0) is 24.8. The van der Waals surface area contributed by atoms with Gasteiger partial charge in [-0.05, 0) is 42.0 Å². The highest BCUT2D eigenvalue weighted by Crippen LogP contribution is 2.38. The van der Waals surface area contributed by atoms with Crippen LogP contribution in [0.25, 0.3) is 22.4 Å². The number of nitrogens with one attached hydrogen (secondary N) is 1. The van der Waals surface area contributed by atoms with E-state index >= 15 is 0 Å². The number of amides is 1. The van der Waals surface area contributed by atoms with Crippen LogP contribution in [0.1, 0.15) is 15.9 Å². The minimum Gasteiger partial charge on any atom is -0.493 e. The maximum atomic E-state index is 12.9. The molecule has 1 N–H and O–H groups in total. The summed E-state index contributed by atoms with van der Waals surface area (Å²) in [6.45, 7) is -0.274. The van der Waals surface area contributed by atoms with Gasteiger partial charge in [-0.15, -0.1) is 0 Å². The predicted octanol–water partition coefficient (Wildman–Crippen LogP) is 3.99. The molecule has 180 valence electrons. The molecule has 4 aromatic rings. The molecule has 0 fully saturated rings. The lowest BCUT2D eigenvalue weighted by molar-refractivity contribution is -0.124. The summed E-state index contributed by atoms with van der Waals surface area (Å²) in [6, 6.07) is 15.7. The lowest BCUT2D eigenvalue weighted by Gasteiger charge is -2.14. The second kappa shape index (κ2) is 10.6. The molecular formula is C26H24N2O7. The number of carbonyl (C=O) groups excluding carboxylic acids is 2. The minimum absolute atomic E-state index is 0.175. The van der Waals surface area contributed by atoms with Crippen LogP contribution in [0.3, 0.4) is 0 Å². The third-order valence-electron chi connectivity index (χ3n) is 5.26. The number of pyridine rings is 1. The predicted molar refractivity (Wildman–Crippen MR) is 128 cm³/mol. The first-order valence-corrected chi connectivity index (χ1v) is 10.7. The van der Waals surface area contributed by atoms with E-state index in [-0.39, 0.29) is 6.54 Å². The molecule has 0 radical (unpaired) electrons. The monoisotopic (exact) mass is 476 g/mol. The van der Waals surface area contributed by atoms with E-state index in [9.17, 15) is 9.59 Å². The first-order chi connectivity index (χ1) is 17.0. The third kappa shape index (κ3) is 5.19. The smallest absolute Gasteiger partial charge is 0.339 e. The Labute approximate surface area is 201 Å². The van der Waals surface area contributed by atoms with Crippen molar-refractivity contribution in [1.82, 2.24) is 10.3 Å². The number of fused-ring (bicyclic) bond motifs is 1. The van der Waals surface area contributed by atoms with Crippen LogP contribution >= 0.6 is 0 Å². The van der Waals surface area contributed by atoms with Crippen molar-refractivity contribution in [3.8, 4) is 28.7 Å². The average Bonchev–Trinajstić information content (AvgIpc) is 3.44. The van der Waals surface area contributed by atoms with Crippen molar-refractivity contribution in [2.24, 2.45) is 0 Å². The number of rotatable bonds is 9. The summed E-state index contributed by atoms with van der Waals surface area (Å²) in [6.07, 6.45) is 1.53. The Hall–Kier alpha value is -4.53. The van der Waals surface area contributed by atoms with Crippen LogP contribution in [-0.2, 0) is 16.1 Å². The van der Waals surface area contributed by atoms with E-state index in [1.54, 1.807) is 48.5 Å². The highest BCUT2D eigenvalue weighted by Gasteiger charge is 2.18. The first-order valence-electron chi connectivity index (χ1n) is 10.7. The summed E-state index contributed by atoms with van der Waals surface area (Å²) >= 11 is 0.